The lowest BCUT2D eigenvalue weighted by Gasteiger charge is -2.05. The number of nitrogens with one attached hydrogen (secondary N) is 1. The van der Waals surface area contributed by atoms with Crippen molar-refractivity contribution in [3.63, 3.8) is 0 Å². The van der Waals surface area contributed by atoms with Crippen LogP contribution in [0.2, 0.25) is 0 Å². The van der Waals surface area contributed by atoms with Crippen LogP contribution in [0.1, 0.15) is 33.1 Å². The Balaban J connectivity index is 1.88. The van der Waals surface area contributed by atoms with Crippen LogP contribution in [0.3, 0.4) is 0 Å². The maximum Gasteiger partial charge on any atom is 0.227 e. The van der Waals surface area contributed by atoms with Gasteiger partial charge in [-0.05, 0) is 48.4 Å². The molecule has 8 heteroatoms. The molecule has 0 aliphatic carbocycles. The van der Waals surface area contributed by atoms with Gasteiger partial charge in [-0.15, -0.1) is 0 Å². The summed E-state index contributed by atoms with van der Waals surface area (Å²) < 4.78 is 13.7. The number of aromatic amines is 1. The molecule has 0 unspecified atom stereocenters. The first-order valence-electron chi connectivity index (χ1n) is 7.57. The minimum atomic E-state index is -0.389. The van der Waals surface area contributed by atoms with Crippen molar-refractivity contribution >= 4 is 16.7 Å². The SMILES string of the molecule is Cc1ccnc(C(=O)c2[nH]c3ccc(F)cc3c2Cc2nnn[n-]2)c1. The Bertz CT molecular complexity index is 1070. The molecule has 4 aromatic rings. The number of halogens is 1. The molecule has 0 radical (unpaired) electrons. The van der Waals surface area contributed by atoms with Crippen LogP contribution in [0.15, 0.2) is 36.5 Å². The molecule has 0 saturated carbocycles. The first-order valence-corrected chi connectivity index (χ1v) is 7.57. The Labute approximate surface area is 141 Å². The fourth-order valence-corrected chi connectivity index (χ4v) is 2.78. The van der Waals surface area contributed by atoms with E-state index in [-0.39, 0.29) is 18.0 Å². The predicted molar refractivity (Wildman–Crippen MR) is 86.6 cm³/mol. The van der Waals surface area contributed by atoms with Crippen LogP contribution >= 0.6 is 0 Å². The van der Waals surface area contributed by atoms with Gasteiger partial charge in [-0.25, -0.2) is 4.39 Å². The number of tetrazole rings is 1. The van der Waals surface area contributed by atoms with Crippen molar-refractivity contribution in [1.82, 2.24) is 30.6 Å². The summed E-state index contributed by atoms with van der Waals surface area (Å²) in [5, 5.41) is 15.1. The highest BCUT2D eigenvalue weighted by molar-refractivity contribution is 6.10. The van der Waals surface area contributed by atoms with Gasteiger partial charge in [0, 0.05) is 29.3 Å². The van der Waals surface area contributed by atoms with Gasteiger partial charge in [0.25, 0.3) is 0 Å². The normalized spacial score (nSPS) is 11.1. The molecule has 0 atom stereocenters. The van der Waals surface area contributed by atoms with E-state index in [1.807, 2.05) is 13.0 Å². The van der Waals surface area contributed by atoms with Crippen molar-refractivity contribution in [2.75, 3.05) is 0 Å². The lowest BCUT2D eigenvalue weighted by molar-refractivity contribution is 0.102. The Hall–Kier alpha value is -3.42. The summed E-state index contributed by atoms with van der Waals surface area (Å²) in [5.74, 6) is -0.306. The molecule has 0 spiro atoms. The van der Waals surface area contributed by atoms with Crippen molar-refractivity contribution in [1.29, 1.82) is 0 Å². The minimum Gasteiger partial charge on any atom is -0.352 e. The number of pyridine rings is 1. The first kappa shape index (κ1) is 15.1. The number of nitrogens with zero attached hydrogens (tertiary/aromatic N) is 5. The summed E-state index contributed by atoms with van der Waals surface area (Å²) in [7, 11) is 0. The summed E-state index contributed by atoms with van der Waals surface area (Å²) in [6.45, 7) is 1.88. The first-order chi connectivity index (χ1) is 12.1. The number of rotatable bonds is 4. The van der Waals surface area contributed by atoms with Crippen molar-refractivity contribution in [2.24, 2.45) is 0 Å². The third-order valence-electron chi connectivity index (χ3n) is 3.94. The van der Waals surface area contributed by atoms with E-state index in [1.54, 1.807) is 18.3 Å². The average Bonchev–Trinajstić information content (AvgIpc) is 3.23. The lowest BCUT2D eigenvalue weighted by Crippen LogP contribution is -2.08. The smallest absolute Gasteiger partial charge is 0.227 e. The number of H-pyrrole nitrogens is 1. The number of hydrogen-bond donors (Lipinski definition) is 1. The van der Waals surface area contributed by atoms with Gasteiger partial charge in [0.1, 0.15) is 11.5 Å². The van der Waals surface area contributed by atoms with Crippen LogP contribution in [-0.4, -0.2) is 31.3 Å². The minimum absolute atomic E-state index is 0.212. The second kappa shape index (κ2) is 5.90. The Morgan fingerprint density at radius 1 is 1.28 bits per heavy atom. The standard InChI is InChI=1S/C17H13FN6O/c1-9-4-5-19-14(6-9)17(25)16-12(8-15-21-23-24-22-15)11-7-10(18)2-3-13(11)20-16/h2-7H,8H2,1H3,(H2,20,21,22,23,24,25)/p-1. The molecule has 7 nitrogen and oxygen atoms in total. The van der Waals surface area contributed by atoms with Gasteiger partial charge in [0.2, 0.25) is 5.78 Å². The second-order valence-corrected chi connectivity index (χ2v) is 5.69. The zero-order valence-electron chi connectivity index (χ0n) is 13.2. The summed E-state index contributed by atoms with van der Waals surface area (Å²) in [6.07, 6.45) is 1.79. The zero-order valence-corrected chi connectivity index (χ0v) is 13.2. The summed E-state index contributed by atoms with van der Waals surface area (Å²) in [6, 6.07) is 7.83. The van der Waals surface area contributed by atoms with E-state index < -0.39 is 0 Å². The number of fused-ring (bicyclic) bond motifs is 1. The van der Waals surface area contributed by atoms with E-state index in [4.69, 9.17) is 0 Å². The molecule has 1 aromatic carbocycles. The zero-order chi connectivity index (χ0) is 17.4. The monoisotopic (exact) mass is 335 g/mol. The number of benzene rings is 1. The highest BCUT2D eigenvalue weighted by Crippen LogP contribution is 2.26. The number of aryl methyl sites for hydroxylation is 1. The van der Waals surface area contributed by atoms with Crippen LogP contribution in [0.25, 0.3) is 10.9 Å². The maximum absolute atomic E-state index is 13.7. The van der Waals surface area contributed by atoms with Crippen molar-refractivity contribution in [3.05, 3.63) is 70.7 Å². The Kier molecular flexibility index (Phi) is 3.57. The van der Waals surface area contributed by atoms with Gasteiger partial charge in [0.05, 0.1) is 5.69 Å². The molecule has 4 rings (SSSR count). The van der Waals surface area contributed by atoms with Crippen molar-refractivity contribution in [2.45, 2.75) is 13.3 Å². The van der Waals surface area contributed by atoms with E-state index in [0.29, 0.717) is 33.7 Å². The summed E-state index contributed by atoms with van der Waals surface area (Å²) in [4.78, 5) is 20.2. The molecule has 3 aromatic heterocycles. The van der Waals surface area contributed by atoms with Crippen LogP contribution in [0.5, 0.6) is 0 Å². The third-order valence-corrected chi connectivity index (χ3v) is 3.94. The predicted octanol–water partition coefficient (Wildman–Crippen LogP) is 1.97. The molecule has 0 aliphatic heterocycles. The highest BCUT2D eigenvalue weighted by atomic mass is 19.1. The van der Waals surface area contributed by atoms with Crippen LogP contribution < -0.4 is 5.10 Å². The molecular weight excluding hydrogens is 323 g/mol. The number of carbonyl (C=O) groups excluding carboxylic acids is 1. The highest BCUT2D eigenvalue weighted by Gasteiger charge is 2.20. The maximum atomic E-state index is 13.7. The fraction of sp³-hybridized carbons (Fsp3) is 0.118. The van der Waals surface area contributed by atoms with Gasteiger partial charge in [0.15, 0.2) is 0 Å². The number of hydrogen-bond acceptors (Lipinski definition) is 5. The second-order valence-electron chi connectivity index (χ2n) is 5.69. The summed E-state index contributed by atoms with van der Waals surface area (Å²) >= 11 is 0. The molecule has 124 valence electrons. The van der Waals surface area contributed by atoms with E-state index >= 15 is 0 Å². The van der Waals surface area contributed by atoms with Gasteiger partial charge >= 0.3 is 0 Å². The van der Waals surface area contributed by atoms with Gasteiger partial charge < -0.3 is 10.1 Å². The topological polar surface area (TPSA) is 98.5 Å². The van der Waals surface area contributed by atoms with Crippen LogP contribution in [0.4, 0.5) is 4.39 Å². The number of aromatic nitrogens is 6. The van der Waals surface area contributed by atoms with E-state index in [1.165, 1.54) is 12.1 Å². The molecular formula is C17H12FN6O-. The van der Waals surface area contributed by atoms with E-state index in [9.17, 15) is 9.18 Å². The fourth-order valence-electron chi connectivity index (χ4n) is 2.78. The third kappa shape index (κ3) is 2.78. The quantitative estimate of drug-likeness (QED) is 0.573. The molecule has 0 fully saturated rings. The molecule has 0 amide bonds. The van der Waals surface area contributed by atoms with E-state index in [0.717, 1.165) is 5.56 Å². The van der Waals surface area contributed by atoms with Gasteiger partial charge in [-0.3, -0.25) is 20.1 Å². The van der Waals surface area contributed by atoms with Gasteiger partial charge in [-0.1, -0.05) is 0 Å². The Morgan fingerprint density at radius 3 is 2.92 bits per heavy atom. The molecule has 0 aliphatic rings. The van der Waals surface area contributed by atoms with Crippen molar-refractivity contribution < 1.29 is 9.18 Å². The molecule has 0 saturated heterocycles. The Morgan fingerprint density at radius 2 is 2.16 bits per heavy atom. The largest absolute Gasteiger partial charge is 0.352 e. The lowest BCUT2D eigenvalue weighted by atomic mass is 10.0. The average molecular weight is 335 g/mol. The number of ketones is 1. The molecule has 25 heavy (non-hydrogen) atoms. The van der Waals surface area contributed by atoms with Gasteiger partial charge in [-0.2, -0.15) is 5.21 Å². The molecule has 3 heterocycles. The number of carbonyl (C=O) groups is 1. The molecule has 0 bridgehead atoms. The van der Waals surface area contributed by atoms with Crippen LogP contribution in [-0.2, 0) is 6.42 Å². The molecule has 1 N–H and O–H groups in total. The van der Waals surface area contributed by atoms with Crippen molar-refractivity contribution in [3.8, 4) is 0 Å². The van der Waals surface area contributed by atoms with E-state index in [2.05, 4.69) is 30.6 Å². The van der Waals surface area contributed by atoms with Crippen LogP contribution in [0, 0.1) is 12.7 Å². The summed E-state index contributed by atoms with van der Waals surface area (Å²) in [5.41, 5.74) is 2.82.